The smallest absolute Gasteiger partial charge is 0.262 e. The lowest BCUT2D eigenvalue weighted by Crippen LogP contribution is -2.38. The van der Waals surface area contributed by atoms with Gasteiger partial charge in [0.1, 0.15) is 5.75 Å². The molecule has 0 saturated carbocycles. The molecule has 4 rings (SSSR count). The van der Waals surface area contributed by atoms with Crippen LogP contribution in [0.2, 0.25) is 0 Å². The van der Waals surface area contributed by atoms with Crippen LogP contribution in [0.4, 0.5) is 11.4 Å². The van der Waals surface area contributed by atoms with Crippen LogP contribution in [0.1, 0.15) is 27.1 Å². The summed E-state index contributed by atoms with van der Waals surface area (Å²) in [5.74, 6) is -0.310. The summed E-state index contributed by atoms with van der Waals surface area (Å²) in [5.41, 5.74) is 2.18. The molecule has 0 unspecified atom stereocenters. The summed E-state index contributed by atoms with van der Waals surface area (Å²) in [6.07, 6.45) is 0.876. The second kappa shape index (κ2) is 11.4. The molecule has 0 spiro atoms. The van der Waals surface area contributed by atoms with Crippen molar-refractivity contribution >= 4 is 23.2 Å². The average molecular weight is 460 g/mol. The first-order valence-corrected chi connectivity index (χ1v) is 11.5. The molecule has 0 atom stereocenters. The van der Waals surface area contributed by atoms with Crippen molar-refractivity contribution in [1.29, 1.82) is 0 Å². The van der Waals surface area contributed by atoms with E-state index in [1.807, 2.05) is 6.07 Å². The Kier molecular flexibility index (Phi) is 7.91. The maximum atomic E-state index is 13.3. The van der Waals surface area contributed by atoms with Gasteiger partial charge in [-0.05, 0) is 61.5 Å². The van der Waals surface area contributed by atoms with E-state index in [2.05, 4.69) is 10.2 Å². The van der Waals surface area contributed by atoms with Crippen molar-refractivity contribution in [2.45, 2.75) is 6.42 Å². The highest BCUT2D eigenvalue weighted by molar-refractivity contribution is 6.11. The lowest BCUT2D eigenvalue weighted by Gasteiger charge is -2.26. The standard InChI is InChI=1S/C27H29N3O4/c31-25-9-4-8-24(20-25)30(27(33)22-6-2-1-3-7-22)23-12-10-21(11-13-23)26(32)28-14-5-15-29-16-18-34-19-17-29/h1-4,6-13,20,31H,5,14-19H2,(H,28,32). The molecular weight excluding hydrogens is 430 g/mol. The van der Waals surface area contributed by atoms with Gasteiger partial charge in [0.25, 0.3) is 11.8 Å². The Morgan fingerprint density at radius 1 is 0.882 bits per heavy atom. The zero-order chi connectivity index (χ0) is 23.8. The van der Waals surface area contributed by atoms with Crippen LogP contribution < -0.4 is 10.2 Å². The quantitative estimate of drug-likeness (QED) is 0.501. The number of nitrogens with one attached hydrogen (secondary N) is 1. The van der Waals surface area contributed by atoms with Crippen molar-refractivity contribution in [3.05, 3.63) is 90.0 Å². The first-order valence-electron chi connectivity index (χ1n) is 11.5. The number of carbonyl (C=O) groups excluding carboxylic acids is 2. The SMILES string of the molecule is O=C(NCCCN1CCOCC1)c1ccc(N(C(=O)c2ccccc2)c2cccc(O)c2)cc1. The molecule has 7 heteroatoms. The molecule has 0 bridgehead atoms. The Labute approximate surface area is 199 Å². The lowest BCUT2D eigenvalue weighted by molar-refractivity contribution is 0.0374. The van der Waals surface area contributed by atoms with Crippen LogP contribution in [0, 0.1) is 0 Å². The number of amides is 2. The predicted molar refractivity (Wildman–Crippen MR) is 132 cm³/mol. The van der Waals surface area contributed by atoms with E-state index in [1.54, 1.807) is 66.7 Å². The number of morpholine rings is 1. The minimum atomic E-state index is -0.230. The second-order valence-electron chi connectivity index (χ2n) is 8.14. The fourth-order valence-electron chi connectivity index (χ4n) is 3.92. The number of carbonyl (C=O) groups is 2. The summed E-state index contributed by atoms with van der Waals surface area (Å²) in [5, 5.41) is 12.9. The van der Waals surface area contributed by atoms with E-state index in [0.717, 1.165) is 39.3 Å². The van der Waals surface area contributed by atoms with Gasteiger partial charge in [0.2, 0.25) is 0 Å². The van der Waals surface area contributed by atoms with Crippen LogP contribution in [0.15, 0.2) is 78.9 Å². The Morgan fingerprint density at radius 2 is 1.62 bits per heavy atom. The number of nitrogens with zero attached hydrogens (tertiary/aromatic N) is 2. The minimum Gasteiger partial charge on any atom is -0.508 e. The summed E-state index contributed by atoms with van der Waals surface area (Å²) in [6.45, 7) is 4.94. The third kappa shape index (κ3) is 6.01. The van der Waals surface area contributed by atoms with E-state index in [4.69, 9.17) is 4.74 Å². The van der Waals surface area contributed by atoms with Crippen molar-refractivity contribution in [3.8, 4) is 5.75 Å². The van der Waals surface area contributed by atoms with Gasteiger partial charge in [-0.1, -0.05) is 24.3 Å². The molecule has 7 nitrogen and oxygen atoms in total. The van der Waals surface area contributed by atoms with E-state index in [0.29, 0.717) is 29.0 Å². The van der Waals surface area contributed by atoms with Gasteiger partial charge in [0.15, 0.2) is 0 Å². The topological polar surface area (TPSA) is 82.1 Å². The Balaban J connectivity index is 1.44. The molecule has 0 radical (unpaired) electrons. The minimum absolute atomic E-state index is 0.0661. The van der Waals surface area contributed by atoms with Crippen molar-refractivity contribution < 1.29 is 19.4 Å². The summed E-state index contributed by atoms with van der Waals surface area (Å²) >= 11 is 0. The molecule has 1 heterocycles. The van der Waals surface area contributed by atoms with E-state index in [9.17, 15) is 14.7 Å². The summed E-state index contributed by atoms with van der Waals surface area (Å²) < 4.78 is 5.35. The Bertz CT molecular complexity index is 1100. The molecule has 1 saturated heterocycles. The third-order valence-corrected chi connectivity index (χ3v) is 5.74. The molecule has 176 valence electrons. The maximum Gasteiger partial charge on any atom is 0.262 e. The first-order chi connectivity index (χ1) is 16.6. The molecular formula is C27H29N3O4. The molecule has 1 aliphatic rings. The highest BCUT2D eigenvalue weighted by Crippen LogP contribution is 2.30. The number of benzene rings is 3. The molecule has 2 N–H and O–H groups in total. The largest absolute Gasteiger partial charge is 0.508 e. The number of ether oxygens (including phenoxy) is 1. The van der Waals surface area contributed by atoms with Gasteiger partial charge in [-0.15, -0.1) is 0 Å². The van der Waals surface area contributed by atoms with Gasteiger partial charge < -0.3 is 15.2 Å². The molecule has 2 amide bonds. The van der Waals surface area contributed by atoms with E-state index < -0.39 is 0 Å². The number of hydrogen-bond acceptors (Lipinski definition) is 5. The van der Waals surface area contributed by atoms with E-state index in [1.165, 1.54) is 11.0 Å². The molecule has 1 aliphatic heterocycles. The average Bonchev–Trinajstić information content (AvgIpc) is 2.88. The van der Waals surface area contributed by atoms with Gasteiger partial charge in [0.05, 0.1) is 18.9 Å². The van der Waals surface area contributed by atoms with Crippen LogP contribution >= 0.6 is 0 Å². The van der Waals surface area contributed by atoms with E-state index in [-0.39, 0.29) is 17.6 Å². The van der Waals surface area contributed by atoms with E-state index >= 15 is 0 Å². The van der Waals surface area contributed by atoms with Crippen molar-refractivity contribution in [1.82, 2.24) is 10.2 Å². The number of aromatic hydroxyl groups is 1. The normalized spacial score (nSPS) is 13.9. The van der Waals surface area contributed by atoms with Gasteiger partial charge in [-0.3, -0.25) is 19.4 Å². The molecule has 1 fully saturated rings. The highest BCUT2D eigenvalue weighted by Gasteiger charge is 2.20. The number of anilines is 2. The first kappa shape index (κ1) is 23.5. The number of phenolic OH excluding ortho intramolecular Hbond substituents is 1. The molecule has 3 aromatic rings. The fraction of sp³-hybridized carbons (Fsp3) is 0.259. The maximum absolute atomic E-state index is 13.3. The summed E-state index contributed by atoms with van der Waals surface area (Å²) in [7, 11) is 0. The van der Waals surface area contributed by atoms with Crippen molar-refractivity contribution in [2.24, 2.45) is 0 Å². The zero-order valence-electron chi connectivity index (χ0n) is 19.0. The summed E-state index contributed by atoms with van der Waals surface area (Å²) in [4.78, 5) is 29.8. The summed E-state index contributed by atoms with van der Waals surface area (Å²) in [6, 6.07) is 22.4. The predicted octanol–water partition coefficient (Wildman–Crippen LogP) is 3.82. The Morgan fingerprint density at radius 3 is 2.32 bits per heavy atom. The lowest BCUT2D eigenvalue weighted by atomic mass is 10.1. The van der Waals surface area contributed by atoms with Crippen LogP contribution in [-0.4, -0.2) is 61.2 Å². The van der Waals surface area contributed by atoms with Gasteiger partial charge in [-0.25, -0.2) is 0 Å². The number of hydrogen-bond donors (Lipinski definition) is 2. The fourth-order valence-corrected chi connectivity index (χ4v) is 3.92. The van der Waals surface area contributed by atoms with Gasteiger partial charge in [0, 0.05) is 42.5 Å². The number of phenols is 1. The zero-order valence-corrected chi connectivity index (χ0v) is 19.0. The highest BCUT2D eigenvalue weighted by atomic mass is 16.5. The molecule has 3 aromatic carbocycles. The van der Waals surface area contributed by atoms with Crippen LogP contribution in [0.25, 0.3) is 0 Å². The van der Waals surface area contributed by atoms with Gasteiger partial charge >= 0.3 is 0 Å². The van der Waals surface area contributed by atoms with Crippen LogP contribution in [0.5, 0.6) is 5.75 Å². The van der Waals surface area contributed by atoms with Gasteiger partial charge in [-0.2, -0.15) is 0 Å². The van der Waals surface area contributed by atoms with Crippen molar-refractivity contribution in [3.63, 3.8) is 0 Å². The monoisotopic (exact) mass is 459 g/mol. The van der Waals surface area contributed by atoms with Crippen LogP contribution in [-0.2, 0) is 4.74 Å². The third-order valence-electron chi connectivity index (χ3n) is 5.74. The van der Waals surface area contributed by atoms with Crippen molar-refractivity contribution in [2.75, 3.05) is 44.3 Å². The second-order valence-corrected chi connectivity index (χ2v) is 8.14. The molecule has 0 aromatic heterocycles. The Hall–Kier alpha value is -3.68. The van der Waals surface area contributed by atoms with Crippen LogP contribution in [0.3, 0.4) is 0 Å². The number of rotatable bonds is 8. The molecule has 34 heavy (non-hydrogen) atoms. The molecule has 0 aliphatic carbocycles.